The smallest absolute Gasteiger partial charge is 0.236 e. The number of ether oxygens (including phenoxy) is 2. The van der Waals surface area contributed by atoms with E-state index in [0.29, 0.717) is 26.1 Å². The van der Waals surface area contributed by atoms with Gasteiger partial charge in [-0.25, -0.2) is 4.98 Å². The van der Waals surface area contributed by atoms with Crippen molar-refractivity contribution in [1.82, 2.24) is 19.8 Å². The Balaban J connectivity index is 1.36. The number of imidazole rings is 1. The number of benzene rings is 2. The highest BCUT2D eigenvalue weighted by molar-refractivity contribution is 5.78. The summed E-state index contributed by atoms with van der Waals surface area (Å²) in [4.78, 5) is 24.8. The Kier molecular flexibility index (Phi) is 6.13. The molecule has 4 rings (SSSR count). The van der Waals surface area contributed by atoms with Crippen LogP contribution in [-0.4, -0.2) is 65.6 Å². The van der Waals surface area contributed by atoms with E-state index in [1.807, 2.05) is 38.2 Å². The minimum Gasteiger partial charge on any atom is -0.497 e. The average Bonchev–Trinajstić information content (AvgIpc) is 3.08. The summed E-state index contributed by atoms with van der Waals surface area (Å²) >= 11 is 0. The number of hydrogen-bond donors (Lipinski definition) is 1. The number of aromatic amines is 1. The van der Waals surface area contributed by atoms with Crippen LogP contribution < -0.4 is 9.47 Å². The van der Waals surface area contributed by atoms with Crippen LogP contribution in [0.5, 0.6) is 11.5 Å². The van der Waals surface area contributed by atoms with Gasteiger partial charge in [0.2, 0.25) is 5.91 Å². The summed E-state index contributed by atoms with van der Waals surface area (Å²) < 4.78 is 11.3. The van der Waals surface area contributed by atoms with Gasteiger partial charge in [-0.3, -0.25) is 9.69 Å². The Morgan fingerprint density at radius 2 is 2.16 bits per heavy atom. The fourth-order valence-corrected chi connectivity index (χ4v) is 3.99. The van der Waals surface area contributed by atoms with Crippen LogP contribution >= 0.6 is 0 Å². The lowest BCUT2D eigenvalue weighted by Crippen LogP contribution is -2.41. The average molecular weight is 423 g/mol. The fraction of sp³-hybridized carbons (Fsp3) is 0.417. The lowest BCUT2D eigenvalue weighted by Gasteiger charge is -2.24. The van der Waals surface area contributed by atoms with Crippen molar-refractivity contribution < 1.29 is 14.3 Å². The van der Waals surface area contributed by atoms with Gasteiger partial charge in [0.25, 0.3) is 0 Å². The van der Waals surface area contributed by atoms with Crippen molar-refractivity contribution >= 4 is 16.9 Å². The van der Waals surface area contributed by atoms with Gasteiger partial charge in [0.15, 0.2) is 0 Å². The van der Waals surface area contributed by atoms with E-state index in [1.54, 1.807) is 12.0 Å². The number of hydrogen-bond acceptors (Lipinski definition) is 5. The van der Waals surface area contributed by atoms with E-state index in [0.717, 1.165) is 40.5 Å². The Bertz CT molecular complexity index is 1080. The molecule has 0 unspecified atom stereocenters. The van der Waals surface area contributed by atoms with E-state index in [-0.39, 0.29) is 12.0 Å². The highest BCUT2D eigenvalue weighted by Crippen LogP contribution is 2.26. The molecule has 7 heteroatoms. The number of amides is 1. The summed E-state index contributed by atoms with van der Waals surface area (Å²) in [5.41, 5.74) is 4.18. The highest BCUT2D eigenvalue weighted by Gasteiger charge is 2.23. The summed E-state index contributed by atoms with van der Waals surface area (Å²) in [6, 6.07) is 12.0. The first kappa shape index (κ1) is 21.2. The van der Waals surface area contributed by atoms with E-state index in [1.165, 1.54) is 5.56 Å². The Morgan fingerprint density at radius 1 is 1.32 bits per heavy atom. The second-order valence-corrected chi connectivity index (χ2v) is 8.34. The topological polar surface area (TPSA) is 70.7 Å². The maximum absolute atomic E-state index is 12.9. The SMILES string of the molecule is COc1ccc2nc(CCN(C)C(=O)CN3Cc4cc(C)ccc4O[C@H](C)C3)[nH]c2c1. The van der Waals surface area contributed by atoms with E-state index < -0.39 is 0 Å². The largest absolute Gasteiger partial charge is 0.497 e. The molecule has 2 heterocycles. The molecule has 164 valence electrons. The van der Waals surface area contributed by atoms with Crippen LogP contribution in [0.25, 0.3) is 11.0 Å². The van der Waals surface area contributed by atoms with Gasteiger partial charge in [0, 0.05) is 44.7 Å². The maximum atomic E-state index is 12.9. The van der Waals surface area contributed by atoms with Crippen LogP contribution in [0, 0.1) is 6.92 Å². The van der Waals surface area contributed by atoms with Crippen molar-refractivity contribution in [3.05, 3.63) is 53.3 Å². The number of nitrogens with zero attached hydrogens (tertiary/aromatic N) is 3. The second-order valence-electron chi connectivity index (χ2n) is 8.34. The molecule has 1 aliphatic heterocycles. The zero-order valence-corrected chi connectivity index (χ0v) is 18.6. The van der Waals surface area contributed by atoms with Crippen LogP contribution in [0.15, 0.2) is 36.4 Å². The Hall–Kier alpha value is -3.06. The predicted octanol–water partition coefficient (Wildman–Crippen LogP) is 3.16. The number of rotatable bonds is 6. The van der Waals surface area contributed by atoms with E-state index >= 15 is 0 Å². The van der Waals surface area contributed by atoms with Gasteiger partial charge in [-0.1, -0.05) is 17.7 Å². The number of aryl methyl sites for hydroxylation is 1. The number of H-pyrrole nitrogens is 1. The molecule has 2 aromatic carbocycles. The Labute approximate surface area is 183 Å². The number of carbonyl (C=O) groups is 1. The molecule has 1 atom stereocenters. The number of methoxy groups -OCH3 is 1. The molecule has 0 fully saturated rings. The van der Waals surface area contributed by atoms with Crippen LogP contribution in [0.3, 0.4) is 0 Å². The normalized spacial score (nSPS) is 16.5. The number of fused-ring (bicyclic) bond motifs is 2. The molecule has 1 amide bonds. The summed E-state index contributed by atoms with van der Waals surface area (Å²) in [5, 5.41) is 0. The molecule has 7 nitrogen and oxygen atoms in total. The van der Waals surface area contributed by atoms with E-state index in [9.17, 15) is 4.79 Å². The lowest BCUT2D eigenvalue weighted by molar-refractivity contribution is -0.131. The minimum absolute atomic E-state index is 0.0367. The number of likely N-dealkylation sites (N-methyl/N-ethyl adjacent to an activating group) is 1. The van der Waals surface area contributed by atoms with Crippen molar-refractivity contribution in [2.45, 2.75) is 32.9 Å². The monoisotopic (exact) mass is 422 g/mol. The van der Waals surface area contributed by atoms with Crippen molar-refractivity contribution in [2.75, 3.05) is 33.8 Å². The zero-order chi connectivity index (χ0) is 22.0. The molecule has 3 aromatic rings. The molecule has 31 heavy (non-hydrogen) atoms. The number of aromatic nitrogens is 2. The Morgan fingerprint density at radius 3 is 2.97 bits per heavy atom. The van der Waals surface area contributed by atoms with Gasteiger partial charge in [-0.2, -0.15) is 0 Å². The summed E-state index contributed by atoms with van der Waals surface area (Å²) in [6.07, 6.45) is 0.704. The van der Waals surface area contributed by atoms with Gasteiger partial charge in [0.05, 0.1) is 24.7 Å². The number of carbonyl (C=O) groups excluding carboxylic acids is 1. The second kappa shape index (κ2) is 8.98. The van der Waals surface area contributed by atoms with Crippen molar-refractivity contribution in [2.24, 2.45) is 0 Å². The molecule has 1 aromatic heterocycles. The molecule has 1 aliphatic rings. The third-order valence-electron chi connectivity index (χ3n) is 5.66. The van der Waals surface area contributed by atoms with Gasteiger partial charge in [-0.05, 0) is 32.0 Å². The van der Waals surface area contributed by atoms with Gasteiger partial charge < -0.3 is 19.4 Å². The van der Waals surface area contributed by atoms with Crippen LogP contribution in [-0.2, 0) is 17.8 Å². The molecule has 0 radical (unpaired) electrons. The molecular formula is C24H30N4O3. The van der Waals surface area contributed by atoms with E-state index in [4.69, 9.17) is 9.47 Å². The van der Waals surface area contributed by atoms with Crippen molar-refractivity contribution in [3.8, 4) is 11.5 Å². The van der Waals surface area contributed by atoms with Crippen LogP contribution in [0.1, 0.15) is 23.9 Å². The third kappa shape index (κ3) is 4.99. The molecule has 0 saturated carbocycles. The first-order chi connectivity index (χ1) is 14.9. The lowest BCUT2D eigenvalue weighted by atomic mass is 10.1. The van der Waals surface area contributed by atoms with Crippen LogP contribution in [0.2, 0.25) is 0 Å². The number of nitrogens with one attached hydrogen (secondary N) is 1. The van der Waals surface area contributed by atoms with Gasteiger partial charge in [0.1, 0.15) is 23.4 Å². The summed E-state index contributed by atoms with van der Waals surface area (Å²) in [5.74, 6) is 2.68. The first-order valence-corrected chi connectivity index (χ1v) is 10.7. The zero-order valence-electron chi connectivity index (χ0n) is 18.6. The minimum atomic E-state index is 0.0367. The molecule has 0 aliphatic carbocycles. The summed E-state index contributed by atoms with van der Waals surface area (Å²) in [6.45, 7) is 6.53. The van der Waals surface area contributed by atoms with Gasteiger partial charge >= 0.3 is 0 Å². The molecule has 0 bridgehead atoms. The molecule has 0 spiro atoms. The van der Waals surface area contributed by atoms with Gasteiger partial charge in [-0.15, -0.1) is 0 Å². The third-order valence-corrected chi connectivity index (χ3v) is 5.66. The highest BCUT2D eigenvalue weighted by atomic mass is 16.5. The predicted molar refractivity (Wildman–Crippen MR) is 121 cm³/mol. The summed E-state index contributed by atoms with van der Waals surface area (Å²) in [7, 11) is 3.50. The van der Waals surface area contributed by atoms with Crippen molar-refractivity contribution in [1.29, 1.82) is 0 Å². The molecule has 1 N–H and O–H groups in total. The van der Waals surface area contributed by atoms with Crippen LogP contribution in [0.4, 0.5) is 0 Å². The molecular weight excluding hydrogens is 392 g/mol. The standard InChI is InChI=1S/C24H30N4O3/c1-16-5-8-22-18(11-16)14-28(13-17(2)31-22)15-24(29)27(3)10-9-23-25-20-7-6-19(30-4)12-21(20)26-23/h5-8,11-12,17H,9-10,13-15H2,1-4H3,(H,25,26)/t17-/m1/s1. The van der Waals surface area contributed by atoms with Crippen molar-refractivity contribution in [3.63, 3.8) is 0 Å². The first-order valence-electron chi connectivity index (χ1n) is 10.7. The van der Waals surface area contributed by atoms with E-state index in [2.05, 4.69) is 33.9 Å². The fourth-order valence-electron chi connectivity index (χ4n) is 3.99. The maximum Gasteiger partial charge on any atom is 0.236 e. The quantitative estimate of drug-likeness (QED) is 0.661. The molecule has 0 saturated heterocycles.